The Balaban J connectivity index is 0.000000754. The van der Waals surface area contributed by atoms with E-state index in [1.807, 2.05) is 0 Å². The van der Waals surface area contributed by atoms with Crippen LogP contribution >= 0.6 is 0 Å². The molecule has 0 aliphatic carbocycles. The highest BCUT2D eigenvalue weighted by Crippen LogP contribution is 2.20. The topological polar surface area (TPSA) is 113 Å². The van der Waals surface area contributed by atoms with E-state index in [0.717, 1.165) is 6.08 Å². The normalized spacial score (nSPS) is 10.2. The number of rotatable bonds is 8. The summed E-state index contributed by atoms with van der Waals surface area (Å²) in [6.07, 6.45) is 1.31. The van der Waals surface area contributed by atoms with Gasteiger partial charge in [0.1, 0.15) is 0 Å². The van der Waals surface area contributed by atoms with Gasteiger partial charge in [-0.2, -0.15) is 0 Å². The molecule has 0 amide bonds. The fourth-order valence-corrected chi connectivity index (χ4v) is 1.49. The summed E-state index contributed by atoms with van der Waals surface area (Å²) in [4.78, 5) is 21.4. The molecule has 1 rings (SSSR count). The van der Waals surface area contributed by atoms with Crippen LogP contribution in [-0.2, 0) is 14.3 Å². The molecule has 0 atom stereocenters. The monoisotopic (exact) mass is 340 g/mol. The van der Waals surface area contributed by atoms with E-state index >= 15 is 0 Å². The number of hydrogen-bond donors (Lipinski definition) is 3. The van der Waals surface area contributed by atoms with Crippen LogP contribution in [0.25, 0.3) is 0 Å². The van der Waals surface area contributed by atoms with Crippen LogP contribution in [0.2, 0.25) is 0 Å². The summed E-state index contributed by atoms with van der Waals surface area (Å²) < 4.78 is 9.16. The number of esters is 2. The van der Waals surface area contributed by atoms with Crippen molar-refractivity contribution in [3.8, 4) is 0 Å². The molecule has 0 aliphatic rings. The van der Waals surface area contributed by atoms with Gasteiger partial charge in [-0.25, -0.2) is 9.59 Å². The van der Waals surface area contributed by atoms with Crippen molar-refractivity contribution in [3.63, 3.8) is 0 Å². The van der Waals surface area contributed by atoms with E-state index in [1.54, 1.807) is 30.3 Å². The summed E-state index contributed by atoms with van der Waals surface area (Å²) in [6.45, 7) is 2.12. The first-order chi connectivity index (χ1) is 11.5. The first-order valence-electron chi connectivity index (χ1n) is 7.23. The number of carbonyl (C=O) groups is 2. The Hall–Kier alpha value is -2.22. The lowest BCUT2D eigenvalue weighted by Crippen LogP contribution is -2.35. The Kier molecular flexibility index (Phi) is 11.1. The van der Waals surface area contributed by atoms with E-state index in [2.05, 4.69) is 11.3 Å². The van der Waals surface area contributed by atoms with Gasteiger partial charge in [-0.1, -0.05) is 24.8 Å². The number of aliphatic hydroxyl groups is 3. The maximum atomic E-state index is 11.6. The Labute approximate surface area is 141 Å². The van der Waals surface area contributed by atoms with Crippen LogP contribution in [0.15, 0.2) is 43.0 Å². The van der Waals surface area contributed by atoms with E-state index < -0.39 is 17.4 Å². The smallest absolute Gasteiger partial charge is 0.338 e. The maximum Gasteiger partial charge on any atom is 0.338 e. The van der Waals surface area contributed by atoms with Crippen molar-refractivity contribution >= 4 is 11.9 Å². The SMILES string of the molecule is C=CC(=O)OC.O=C(OCCC(CO)(CO)CO)c1ccccc1. The number of methoxy groups -OCH3 is 1. The molecule has 0 heterocycles. The van der Waals surface area contributed by atoms with Gasteiger partial charge in [-0.15, -0.1) is 0 Å². The zero-order chi connectivity index (χ0) is 18.4. The molecule has 0 radical (unpaired) electrons. The van der Waals surface area contributed by atoms with Gasteiger partial charge in [-0.3, -0.25) is 0 Å². The average molecular weight is 340 g/mol. The van der Waals surface area contributed by atoms with Gasteiger partial charge >= 0.3 is 11.9 Å². The quantitative estimate of drug-likeness (QED) is 0.467. The molecule has 7 nitrogen and oxygen atoms in total. The van der Waals surface area contributed by atoms with E-state index in [-0.39, 0.29) is 32.8 Å². The average Bonchev–Trinajstić information content (AvgIpc) is 2.66. The van der Waals surface area contributed by atoms with Crippen molar-refractivity contribution in [3.05, 3.63) is 48.6 Å². The van der Waals surface area contributed by atoms with Gasteiger partial charge in [0.25, 0.3) is 0 Å². The van der Waals surface area contributed by atoms with Crippen molar-refractivity contribution in [2.24, 2.45) is 5.41 Å². The molecule has 0 spiro atoms. The zero-order valence-corrected chi connectivity index (χ0v) is 13.7. The minimum Gasteiger partial charge on any atom is -0.466 e. The van der Waals surface area contributed by atoms with Crippen LogP contribution in [0.4, 0.5) is 0 Å². The molecule has 7 heteroatoms. The van der Waals surface area contributed by atoms with Crippen molar-refractivity contribution < 1.29 is 34.4 Å². The Morgan fingerprint density at radius 1 is 1.12 bits per heavy atom. The predicted molar refractivity (Wildman–Crippen MR) is 87.2 cm³/mol. The minimum atomic E-state index is -1.00. The van der Waals surface area contributed by atoms with Crippen molar-refractivity contribution in [2.45, 2.75) is 6.42 Å². The molecular weight excluding hydrogens is 316 g/mol. The van der Waals surface area contributed by atoms with Gasteiger partial charge in [0, 0.05) is 11.5 Å². The van der Waals surface area contributed by atoms with Crippen LogP contribution in [0.3, 0.4) is 0 Å². The highest BCUT2D eigenvalue weighted by molar-refractivity contribution is 5.89. The molecule has 0 bridgehead atoms. The van der Waals surface area contributed by atoms with Gasteiger partial charge in [-0.05, 0) is 18.6 Å². The summed E-state index contributed by atoms with van der Waals surface area (Å²) in [5.74, 6) is -0.853. The first-order valence-corrected chi connectivity index (χ1v) is 7.23. The molecule has 0 aromatic heterocycles. The lowest BCUT2D eigenvalue weighted by atomic mass is 9.88. The largest absolute Gasteiger partial charge is 0.466 e. The molecule has 24 heavy (non-hydrogen) atoms. The molecule has 1 aromatic rings. The number of hydrogen-bond acceptors (Lipinski definition) is 7. The summed E-state index contributed by atoms with van der Waals surface area (Å²) in [5.41, 5.74) is -0.558. The molecule has 3 N–H and O–H groups in total. The lowest BCUT2D eigenvalue weighted by Gasteiger charge is -2.26. The van der Waals surface area contributed by atoms with Crippen LogP contribution in [-0.4, -0.2) is 60.8 Å². The van der Waals surface area contributed by atoms with Gasteiger partial charge < -0.3 is 24.8 Å². The number of carbonyl (C=O) groups excluding carboxylic acids is 2. The third-order valence-corrected chi connectivity index (χ3v) is 3.25. The third-order valence-electron chi connectivity index (χ3n) is 3.25. The van der Waals surface area contributed by atoms with Crippen molar-refractivity contribution in [2.75, 3.05) is 33.5 Å². The van der Waals surface area contributed by atoms with E-state index in [9.17, 15) is 9.59 Å². The third kappa shape index (κ3) is 7.87. The van der Waals surface area contributed by atoms with Crippen LogP contribution in [0.1, 0.15) is 16.8 Å². The Morgan fingerprint density at radius 2 is 1.67 bits per heavy atom. The standard InChI is InChI=1S/C13H18O5.C4H6O2/c14-8-13(9-15,10-16)6-7-18-12(17)11-4-2-1-3-5-11;1-3-4(5)6-2/h1-5,14-16H,6-10H2;3H,1H2,2H3. The fourth-order valence-electron chi connectivity index (χ4n) is 1.49. The van der Waals surface area contributed by atoms with Crippen LogP contribution in [0.5, 0.6) is 0 Å². The van der Waals surface area contributed by atoms with Crippen LogP contribution < -0.4 is 0 Å². The zero-order valence-electron chi connectivity index (χ0n) is 13.7. The fraction of sp³-hybridized carbons (Fsp3) is 0.412. The molecular formula is C17H24O7. The summed E-state index contributed by atoms with van der Waals surface area (Å²) in [6, 6.07) is 8.54. The Morgan fingerprint density at radius 3 is 2.04 bits per heavy atom. The summed E-state index contributed by atoms with van der Waals surface area (Å²) >= 11 is 0. The molecule has 0 unspecified atom stereocenters. The minimum absolute atomic E-state index is 0.0371. The summed E-state index contributed by atoms with van der Waals surface area (Å²) in [5, 5.41) is 27.3. The molecule has 1 aromatic carbocycles. The van der Waals surface area contributed by atoms with E-state index in [0.29, 0.717) is 5.56 Å². The van der Waals surface area contributed by atoms with Crippen molar-refractivity contribution in [1.29, 1.82) is 0 Å². The molecule has 134 valence electrons. The molecule has 0 fully saturated rings. The number of benzene rings is 1. The highest BCUT2D eigenvalue weighted by atomic mass is 16.5. The maximum absolute atomic E-state index is 11.6. The Bertz CT molecular complexity index is 487. The molecule has 0 saturated heterocycles. The van der Waals surface area contributed by atoms with E-state index in [4.69, 9.17) is 20.1 Å². The van der Waals surface area contributed by atoms with E-state index in [1.165, 1.54) is 7.11 Å². The number of aliphatic hydroxyl groups excluding tert-OH is 3. The second-order valence-corrected chi connectivity index (χ2v) is 4.95. The van der Waals surface area contributed by atoms with Crippen LogP contribution in [0, 0.1) is 5.41 Å². The highest BCUT2D eigenvalue weighted by Gasteiger charge is 2.28. The first kappa shape index (κ1) is 21.8. The number of ether oxygens (including phenoxy) is 2. The lowest BCUT2D eigenvalue weighted by molar-refractivity contribution is -0.134. The molecule has 0 aliphatic heterocycles. The van der Waals surface area contributed by atoms with Gasteiger partial charge in [0.15, 0.2) is 0 Å². The molecule has 0 saturated carbocycles. The second kappa shape index (κ2) is 12.2. The van der Waals surface area contributed by atoms with Gasteiger partial charge in [0.2, 0.25) is 0 Å². The predicted octanol–water partition coefficient (Wildman–Crippen LogP) is 0.542. The summed E-state index contributed by atoms with van der Waals surface area (Å²) in [7, 11) is 1.31. The van der Waals surface area contributed by atoms with Gasteiger partial charge in [0.05, 0.1) is 39.1 Å². The van der Waals surface area contributed by atoms with Crippen molar-refractivity contribution in [1.82, 2.24) is 0 Å². The second-order valence-electron chi connectivity index (χ2n) is 4.95.